The Morgan fingerprint density at radius 2 is 0.685 bits per heavy atom. The number of hydrogen-bond donors (Lipinski definition) is 2. The van der Waals surface area contributed by atoms with E-state index in [2.05, 4.69) is 79.9 Å². The zero-order valence-corrected chi connectivity index (χ0v) is 61.0. The zero-order valence-electron chi connectivity index (χ0n) is 60.2. The molecule has 0 aliphatic carbocycles. The molecule has 1 amide bonds. The SMILES string of the molecule is CC/C=C\C/C=C\C/C=C\C/C=C\C/C=C\CCCCCCCCCCCCCCCCCCCCCCCCCCCC(=O)NC(COP(=O)([O-])OCC[N+](C)(C)C)C(O)CCCCCCCCCCCCCCCCCCCCCCCCCCCC. The number of carbonyl (C=O) groups excluding carboxylic acids is 1. The van der Waals surface area contributed by atoms with Gasteiger partial charge in [0, 0.05) is 6.42 Å². The first kappa shape index (κ1) is 87.2. The number of aliphatic hydroxyl groups excluding tert-OH is 1. The summed E-state index contributed by atoms with van der Waals surface area (Å²) < 4.78 is 23.6. The minimum absolute atomic E-state index is 0.0143. The molecule has 3 unspecified atom stereocenters. The van der Waals surface area contributed by atoms with Gasteiger partial charge in [-0.15, -0.1) is 0 Å². The van der Waals surface area contributed by atoms with Crippen LogP contribution in [0.2, 0.25) is 0 Å². The molecule has 0 heterocycles. The van der Waals surface area contributed by atoms with Gasteiger partial charge in [0.15, 0.2) is 0 Å². The predicted molar refractivity (Wildman–Crippen MR) is 390 cm³/mol. The summed E-state index contributed by atoms with van der Waals surface area (Å²) in [5.41, 5.74) is 0. The van der Waals surface area contributed by atoms with Gasteiger partial charge < -0.3 is 28.8 Å². The molecule has 0 spiro atoms. The number of carbonyl (C=O) groups is 1. The second-order valence-electron chi connectivity index (χ2n) is 28.0. The summed E-state index contributed by atoms with van der Waals surface area (Å²) in [4.78, 5) is 25.7. The van der Waals surface area contributed by atoms with Crippen molar-refractivity contribution in [2.45, 2.75) is 405 Å². The van der Waals surface area contributed by atoms with Crippen molar-refractivity contribution in [2.75, 3.05) is 40.9 Å². The molecule has 89 heavy (non-hydrogen) atoms. The normalized spacial score (nSPS) is 13.8. The summed E-state index contributed by atoms with van der Waals surface area (Å²) in [5.74, 6) is -0.156. The van der Waals surface area contributed by atoms with E-state index in [9.17, 15) is 19.4 Å². The number of rotatable bonds is 73. The van der Waals surface area contributed by atoms with Crippen LogP contribution >= 0.6 is 7.82 Å². The molecular formula is C80H153N2O6P. The number of hydrogen-bond acceptors (Lipinski definition) is 6. The molecule has 0 saturated carbocycles. The molecule has 0 aliphatic heterocycles. The molecule has 524 valence electrons. The highest BCUT2D eigenvalue weighted by atomic mass is 31.2. The van der Waals surface area contributed by atoms with Crippen LogP contribution in [0.25, 0.3) is 0 Å². The summed E-state index contributed by atoms with van der Waals surface area (Å²) >= 11 is 0. The van der Waals surface area contributed by atoms with Gasteiger partial charge in [0.2, 0.25) is 5.91 Å². The van der Waals surface area contributed by atoms with Crippen molar-refractivity contribution in [1.29, 1.82) is 0 Å². The number of phosphoric acid groups is 1. The van der Waals surface area contributed by atoms with Crippen molar-refractivity contribution in [3.63, 3.8) is 0 Å². The van der Waals surface area contributed by atoms with Crippen LogP contribution in [0.15, 0.2) is 60.8 Å². The predicted octanol–water partition coefficient (Wildman–Crippen LogP) is 24.9. The lowest BCUT2D eigenvalue weighted by molar-refractivity contribution is -0.870. The van der Waals surface area contributed by atoms with Crippen molar-refractivity contribution in [3.05, 3.63) is 60.8 Å². The average Bonchev–Trinajstić information content (AvgIpc) is 3.61. The van der Waals surface area contributed by atoms with E-state index in [-0.39, 0.29) is 19.1 Å². The molecule has 0 bridgehead atoms. The molecule has 9 heteroatoms. The highest BCUT2D eigenvalue weighted by Crippen LogP contribution is 2.38. The molecule has 3 atom stereocenters. The number of allylic oxidation sites excluding steroid dienone is 10. The van der Waals surface area contributed by atoms with Crippen molar-refractivity contribution in [2.24, 2.45) is 0 Å². The van der Waals surface area contributed by atoms with Crippen molar-refractivity contribution in [1.82, 2.24) is 5.32 Å². The number of amides is 1. The molecule has 0 fully saturated rings. The molecular weight excluding hydrogens is 1120 g/mol. The molecule has 0 aromatic rings. The summed E-state index contributed by atoms with van der Waals surface area (Å²) in [6.45, 7) is 4.67. The van der Waals surface area contributed by atoms with E-state index in [0.717, 1.165) is 70.6 Å². The Hall–Kier alpha value is -1.80. The van der Waals surface area contributed by atoms with Gasteiger partial charge in [-0.2, -0.15) is 0 Å². The third kappa shape index (κ3) is 73.5. The van der Waals surface area contributed by atoms with E-state index in [0.29, 0.717) is 23.9 Å². The molecule has 8 nitrogen and oxygen atoms in total. The summed E-state index contributed by atoms with van der Waals surface area (Å²) in [6.07, 6.45) is 97.7. The second kappa shape index (κ2) is 70.5. The van der Waals surface area contributed by atoms with Gasteiger partial charge in [-0.05, 0) is 57.8 Å². The van der Waals surface area contributed by atoms with Crippen molar-refractivity contribution < 1.29 is 32.9 Å². The number of aliphatic hydroxyl groups is 1. The van der Waals surface area contributed by atoms with Crippen LogP contribution < -0.4 is 10.2 Å². The average molecular weight is 1270 g/mol. The second-order valence-corrected chi connectivity index (χ2v) is 29.5. The Morgan fingerprint density at radius 3 is 1.00 bits per heavy atom. The summed E-state index contributed by atoms with van der Waals surface area (Å²) in [7, 11) is 1.32. The first-order valence-corrected chi connectivity index (χ1v) is 40.6. The number of unbranched alkanes of at least 4 members (excludes halogenated alkanes) is 50. The van der Waals surface area contributed by atoms with Gasteiger partial charge in [0.05, 0.1) is 39.9 Å². The number of nitrogens with zero attached hydrogens (tertiary/aromatic N) is 1. The van der Waals surface area contributed by atoms with E-state index in [1.165, 1.54) is 295 Å². The lowest BCUT2D eigenvalue weighted by Gasteiger charge is -2.30. The van der Waals surface area contributed by atoms with Gasteiger partial charge in [-0.3, -0.25) is 9.36 Å². The quantitative estimate of drug-likeness (QED) is 0.0272. The molecule has 2 N–H and O–H groups in total. The molecule has 0 aromatic carbocycles. The van der Waals surface area contributed by atoms with Crippen LogP contribution in [0.3, 0.4) is 0 Å². The van der Waals surface area contributed by atoms with Crippen LogP contribution in [0, 0.1) is 0 Å². The van der Waals surface area contributed by atoms with E-state index < -0.39 is 20.0 Å². The fourth-order valence-electron chi connectivity index (χ4n) is 12.0. The van der Waals surface area contributed by atoms with E-state index in [4.69, 9.17) is 9.05 Å². The molecule has 0 aromatic heterocycles. The fourth-order valence-corrected chi connectivity index (χ4v) is 12.7. The number of phosphoric ester groups is 1. The number of likely N-dealkylation sites (N-methyl/N-ethyl adjacent to an activating group) is 1. The maximum Gasteiger partial charge on any atom is 0.268 e. The van der Waals surface area contributed by atoms with Gasteiger partial charge in [-0.25, -0.2) is 0 Å². The molecule has 0 saturated heterocycles. The van der Waals surface area contributed by atoms with Crippen LogP contribution in [-0.4, -0.2) is 68.5 Å². The minimum atomic E-state index is -4.58. The molecule has 0 radical (unpaired) electrons. The third-order valence-corrected chi connectivity index (χ3v) is 19.0. The fraction of sp³-hybridized carbons (Fsp3) is 0.863. The third-order valence-electron chi connectivity index (χ3n) is 18.0. The zero-order chi connectivity index (χ0) is 64.8. The van der Waals surface area contributed by atoms with E-state index >= 15 is 0 Å². The first-order chi connectivity index (χ1) is 43.5. The van der Waals surface area contributed by atoms with E-state index in [1.54, 1.807) is 0 Å². The smallest absolute Gasteiger partial charge is 0.268 e. The Morgan fingerprint density at radius 1 is 0.404 bits per heavy atom. The van der Waals surface area contributed by atoms with E-state index in [1.807, 2.05) is 21.1 Å². The van der Waals surface area contributed by atoms with Gasteiger partial charge in [0.25, 0.3) is 7.82 Å². The van der Waals surface area contributed by atoms with Crippen LogP contribution in [0.1, 0.15) is 393 Å². The van der Waals surface area contributed by atoms with Crippen LogP contribution in [0.5, 0.6) is 0 Å². The van der Waals surface area contributed by atoms with Crippen LogP contribution in [-0.2, 0) is 18.4 Å². The molecule has 0 rings (SSSR count). The Balaban J connectivity index is 3.90. The maximum absolute atomic E-state index is 13.1. The maximum atomic E-state index is 13.1. The first-order valence-electron chi connectivity index (χ1n) is 39.1. The van der Waals surface area contributed by atoms with Gasteiger partial charge in [0.1, 0.15) is 13.2 Å². The van der Waals surface area contributed by atoms with Crippen molar-refractivity contribution >= 4 is 13.7 Å². The minimum Gasteiger partial charge on any atom is -0.756 e. The highest BCUT2D eigenvalue weighted by Gasteiger charge is 2.24. The number of quaternary nitrogens is 1. The van der Waals surface area contributed by atoms with Crippen molar-refractivity contribution in [3.8, 4) is 0 Å². The molecule has 0 aliphatic rings. The standard InChI is InChI=1S/C80H153N2O6P/c1-6-8-10-12-14-16-18-20-22-24-26-28-30-32-34-35-36-37-38-39-40-41-42-43-44-45-46-47-48-50-52-54-56-58-60-62-64-66-68-70-72-74-80(84)81-78(77-88-89(85,86)87-76-75-82(3,4)5)79(83)73-71-69-67-65-63-61-59-57-55-53-51-49-33-31-29-27-25-23-21-19-17-15-13-11-9-7-2/h8,10,14,16,20,22,26,28,32,34,78-79,83H,6-7,9,11-13,15,17-19,21,23-25,27,29-31,33,35-77H2,1-5H3,(H-,81,84,85,86)/b10-8-,16-14-,22-20-,28-26-,34-32-. The monoisotopic (exact) mass is 1270 g/mol. The number of nitrogens with one attached hydrogen (secondary N) is 1. The Kier molecular flexibility index (Phi) is 69.1. The van der Waals surface area contributed by atoms with Crippen LogP contribution in [0.4, 0.5) is 0 Å². The summed E-state index contributed by atoms with van der Waals surface area (Å²) in [6, 6.07) is -0.801. The Labute approximate surface area is 555 Å². The van der Waals surface area contributed by atoms with Gasteiger partial charge in [-0.1, -0.05) is 389 Å². The lowest BCUT2D eigenvalue weighted by Crippen LogP contribution is -2.46. The largest absolute Gasteiger partial charge is 0.756 e. The Bertz CT molecular complexity index is 1640. The van der Waals surface area contributed by atoms with Gasteiger partial charge >= 0.3 is 0 Å². The topological polar surface area (TPSA) is 108 Å². The summed E-state index contributed by atoms with van der Waals surface area (Å²) in [5, 5.41) is 14.1. The lowest BCUT2D eigenvalue weighted by atomic mass is 10.0. The highest BCUT2D eigenvalue weighted by molar-refractivity contribution is 7.45.